The van der Waals surface area contributed by atoms with Crippen molar-refractivity contribution in [2.45, 2.75) is 44.8 Å². The Morgan fingerprint density at radius 3 is 2.86 bits per heavy atom. The van der Waals surface area contributed by atoms with Crippen molar-refractivity contribution in [2.24, 2.45) is 4.99 Å². The van der Waals surface area contributed by atoms with Crippen molar-refractivity contribution in [3.8, 4) is 0 Å². The Morgan fingerprint density at radius 1 is 1.41 bits per heavy atom. The van der Waals surface area contributed by atoms with Crippen molar-refractivity contribution >= 4 is 17.4 Å². The number of aliphatic imine (C=N–C) groups is 1. The van der Waals surface area contributed by atoms with Crippen LogP contribution in [0.3, 0.4) is 0 Å². The van der Waals surface area contributed by atoms with Gasteiger partial charge in [-0.25, -0.2) is 0 Å². The number of hydrogen-bond donors (Lipinski definition) is 1. The predicted molar refractivity (Wildman–Crippen MR) is 85.6 cm³/mol. The van der Waals surface area contributed by atoms with Gasteiger partial charge in [0.05, 0.1) is 11.2 Å². The molecular formula is C18H20N2O2. The molecule has 0 aromatic heterocycles. The molecule has 1 spiro atoms. The number of nitrogens with one attached hydrogen (secondary N) is 1. The van der Waals surface area contributed by atoms with Crippen LogP contribution in [0.5, 0.6) is 0 Å². The standard InChI is InChI=1S/C18H20N2O2/c1-3-15-18(10-19-18)13-9-14(22-16(21)4-2)11-7-5-6-8-12(11)17(13)20-15/h5-8,14,19H,3-4,9-10H2,1-2H3. The van der Waals surface area contributed by atoms with Crippen molar-refractivity contribution in [3.63, 3.8) is 0 Å². The van der Waals surface area contributed by atoms with Crippen LogP contribution in [0.25, 0.3) is 5.70 Å². The maximum atomic E-state index is 11.8. The Labute approximate surface area is 130 Å². The van der Waals surface area contributed by atoms with Gasteiger partial charge in [-0.2, -0.15) is 0 Å². The highest BCUT2D eigenvalue weighted by Gasteiger charge is 2.55. The second kappa shape index (κ2) is 4.78. The Bertz CT molecular complexity index is 714. The number of fused-ring (bicyclic) bond motifs is 3. The smallest absolute Gasteiger partial charge is 0.306 e. The normalized spacial score (nSPS) is 28.3. The summed E-state index contributed by atoms with van der Waals surface area (Å²) in [5.74, 6) is -0.142. The molecule has 114 valence electrons. The van der Waals surface area contributed by atoms with Gasteiger partial charge in [-0.3, -0.25) is 15.1 Å². The summed E-state index contributed by atoms with van der Waals surface area (Å²) >= 11 is 0. The molecule has 0 amide bonds. The van der Waals surface area contributed by atoms with Crippen LogP contribution in [0.1, 0.15) is 50.3 Å². The molecule has 1 aliphatic carbocycles. The van der Waals surface area contributed by atoms with Crippen molar-refractivity contribution in [1.29, 1.82) is 0 Å². The third-order valence-electron chi connectivity index (χ3n) is 4.92. The van der Waals surface area contributed by atoms with Gasteiger partial charge in [0.2, 0.25) is 0 Å². The fraction of sp³-hybridized carbons (Fsp3) is 0.444. The van der Waals surface area contributed by atoms with E-state index in [0.717, 1.165) is 36.2 Å². The summed E-state index contributed by atoms with van der Waals surface area (Å²) < 4.78 is 5.71. The second-order valence-electron chi connectivity index (χ2n) is 6.12. The average molecular weight is 296 g/mol. The molecule has 1 N–H and O–H groups in total. The van der Waals surface area contributed by atoms with E-state index < -0.39 is 0 Å². The summed E-state index contributed by atoms with van der Waals surface area (Å²) in [4.78, 5) is 16.7. The molecule has 3 aliphatic rings. The number of rotatable bonds is 3. The molecule has 0 saturated carbocycles. The van der Waals surface area contributed by atoms with E-state index in [9.17, 15) is 4.79 Å². The third-order valence-corrected chi connectivity index (χ3v) is 4.92. The topological polar surface area (TPSA) is 60.6 Å². The Balaban J connectivity index is 1.79. The number of carbonyl (C=O) groups is 1. The zero-order valence-corrected chi connectivity index (χ0v) is 13.0. The van der Waals surface area contributed by atoms with Crippen molar-refractivity contribution < 1.29 is 9.53 Å². The Hall–Kier alpha value is -1.94. The molecule has 1 fully saturated rings. The molecule has 2 aliphatic heterocycles. The lowest BCUT2D eigenvalue weighted by atomic mass is 9.81. The number of ether oxygens (including phenoxy) is 1. The van der Waals surface area contributed by atoms with Crippen LogP contribution in [-0.4, -0.2) is 23.8 Å². The first-order chi connectivity index (χ1) is 10.7. The van der Waals surface area contributed by atoms with Gasteiger partial charge in [-0.05, 0) is 12.0 Å². The molecule has 2 atom stereocenters. The van der Waals surface area contributed by atoms with Gasteiger partial charge in [0.25, 0.3) is 0 Å². The molecular weight excluding hydrogens is 276 g/mol. The molecule has 0 radical (unpaired) electrons. The summed E-state index contributed by atoms with van der Waals surface area (Å²) in [6, 6.07) is 8.18. The van der Waals surface area contributed by atoms with Crippen LogP contribution in [-0.2, 0) is 9.53 Å². The highest BCUT2D eigenvalue weighted by atomic mass is 16.5. The fourth-order valence-electron chi connectivity index (χ4n) is 3.69. The summed E-state index contributed by atoms with van der Waals surface area (Å²) in [6.07, 6.45) is 1.91. The Morgan fingerprint density at radius 2 is 2.18 bits per heavy atom. The lowest BCUT2D eigenvalue weighted by molar-refractivity contribution is -0.149. The molecule has 4 heteroatoms. The number of nitrogens with zero attached hydrogens (tertiary/aromatic N) is 1. The highest BCUT2D eigenvalue weighted by molar-refractivity contribution is 6.09. The van der Waals surface area contributed by atoms with E-state index in [4.69, 9.17) is 9.73 Å². The van der Waals surface area contributed by atoms with E-state index >= 15 is 0 Å². The van der Waals surface area contributed by atoms with Crippen LogP contribution >= 0.6 is 0 Å². The largest absolute Gasteiger partial charge is 0.457 e. The number of esters is 1. The first-order valence-electron chi connectivity index (χ1n) is 8.05. The maximum Gasteiger partial charge on any atom is 0.306 e. The summed E-state index contributed by atoms with van der Waals surface area (Å²) in [5.41, 5.74) is 5.77. The van der Waals surface area contributed by atoms with E-state index in [1.807, 2.05) is 19.1 Å². The minimum Gasteiger partial charge on any atom is -0.457 e. The van der Waals surface area contributed by atoms with Crippen LogP contribution in [0.4, 0.5) is 0 Å². The van der Waals surface area contributed by atoms with Gasteiger partial charge < -0.3 is 4.74 Å². The SMILES string of the molecule is CCC(=O)OC1CC2=C(N=C(CC)C23CN3)c2ccccc21. The van der Waals surface area contributed by atoms with Gasteiger partial charge in [0.1, 0.15) is 6.10 Å². The maximum absolute atomic E-state index is 11.8. The number of benzene rings is 1. The van der Waals surface area contributed by atoms with Crippen molar-refractivity contribution in [3.05, 3.63) is 41.0 Å². The van der Waals surface area contributed by atoms with Crippen molar-refractivity contribution in [1.82, 2.24) is 5.32 Å². The molecule has 2 heterocycles. The zero-order chi connectivity index (χ0) is 15.3. The van der Waals surface area contributed by atoms with Gasteiger partial charge in [0, 0.05) is 36.2 Å². The molecule has 2 unspecified atom stereocenters. The summed E-state index contributed by atoms with van der Waals surface area (Å²) in [7, 11) is 0. The van der Waals surface area contributed by atoms with Crippen LogP contribution in [0.15, 0.2) is 34.8 Å². The predicted octanol–water partition coefficient (Wildman–Crippen LogP) is 3.00. The second-order valence-corrected chi connectivity index (χ2v) is 6.12. The zero-order valence-electron chi connectivity index (χ0n) is 13.0. The molecule has 4 nitrogen and oxygen atoms in total. The first-order valence-corrected chi connectivity index (χ1v) is 8.05. The first kappa shape index (κ1) is 13.7. The molecule has 1 aromatic rings. The molecule has 4 rings (SSSR count). The quantitative estimate of drug-likeness (QED) is 0.689. The van der Waals surface area contributed by atoms with Crippen LogP contribution in [0.2, 0.25) is 0 Å². The number of carbonyl (C=O) groups excluding carboxylic acids is 1. The van der Waals surface area contributed by atoms with E-state index in [1.165, 1.54) is 11.3 Å². The molecule has 1 aromatic carbocycles. The minimum atomic E-state index is -0.187. The lowest BCUT2D eigenvalue weighted by Crippen LogP contribution is -2.29. The fourth-order valence-corrected chi connectivity index (χ4v) is 3.69. The molecule has 0 bridgehead atoms. The van der Waals surface area contributed by atoms with E-state index in [0.29, 0.717) is 6.42 Å². The Kier molecular flexibility index (Phi) is 2.98. The molecule has 22 heavy (non-hydrogen) atoms. The average Bonchev–Trinajstić information content (AvgIpc) is 3.28. The monoisotopic (exact) mass is 296 g/mol. The van der Waals surface area contributed by atoms with E-state index in [1.54, 1.807) is 0 Å². The van der Waals surface area contributed by atoms with E-state index in [-0.39, 0.29) is 17.6 Å². The highest BCUT2D eigenvalue weighted by Crippen LogP contribution is 2.51. The van der Waals surface area contributed by atoms with Gasteiger partial charge in [-0.15, -0.1) is 0 Å². The minimum absolute atomic E-state index is 0.0471. The third kappa shape index (κ3) is 1.80. The summed E-state index contributed by atoms with van der Waals surface area (Å²) in [5, 5.41) is 3.50. The number of hydrogen-bond acceptors (Lipinski definition) is 4. The van der Waals surface area contributed by atoms with Crippen LogP contribution in [0, 0.1) is 0 Å². The van der Waals surface area contributed by atoms with E-state index in [2.05, 4.69) is 24.4 Å². The molecule has 1 saturated heterocycles. The van der Waals surface area contributed by atoms with Gasteiger partial charge in [-0.1, -0.05) is 38.1 Å². The van der Waals surface area contributed by atoms with Gasteiger partial charge in [0.15, 0.2) is 0 Å². The lowest BCUT2D eigenvalue weighted by Gasteiger charge is -2.28. The van der Waals surface area contributed by atoms with Gasteiger partial charge >= 0.3 is 5.97 Å². The summed E-state index contributed by atoms with van der Waals surface area (Å²) in [6.45, 7) is 4.94. The van der Waals surface area contributed by atoms with Crippen molar-refractivity contribution in [2.75, 3.05) is 6.54 Å². The van der Waals surface area contributed by atoms with Crippen LogP contribution < -0.4 is 5.32 Å².